The van der Waals surface area contributed by atoms with Gasteiger partial charge in [0, 0.05) is 24.7 Å². The van der Waals surface area contributed by atoms with Gasteiger partial charge < -0.3 is 15.2 Å². The number of nitrogens with zero attached hydrogens (tertiary/aromatic N) is 3. The van der Waals surface area contributed by atoms with Crippen molar-refractivity contribution in [3.05, 3.63) is 46.5 Å². The zero-order chi connectivity index (χ0) is 17.4. The molecule has 2 heterocycles. The van der Waals surface area contributed by atoms with Gasteiger partial charge in [0.05, 0.1) is 29.0 Å². The summed E-state index contributed by atoms with van der Waals surface area (Å²) in [5, 5.41) is 28.7. The van der Waals surface area contributed by atoms with Crippen molar-refractivity contribution in [2.45, 2.75) is 6.54 Å². The van der Waals surface area contributed by atoms with Gasteiger partial charge in [-0.3, -0.25) is 14.8 Å². The summed E-state index contributed by atoms with van der Waals surface area (Å²) in [4.78, 5) is 10.9. The lowest BCUT2D eigenvalue weighted by atomic mass is 10.0. The van der Waals surface area contributed by atoms with Gasteiger partial charge in [0.1, 0.15) is 11.4 Å². The van der Waals surface area contributed by atoms with E-state index in [9.17, 15) is 10.1 Å². The van der Waals surface area contributed by atoms with E-state index in [4.69, 9.17) is 9.84 Å². The van der Waals surface area contributed by atoms with Gasteiger partial charge in [-0.1, -0.05) is 12.1 Å². The molecule has 1 aliphatic rings. The number of ether oxygens (including phenoxy) is 1. The van der Waals surface area contributed by atoms with Gasteiger partial charge in [-0.05, 0) is 18.2 Å². The van der Waals surface area contributed by atoms with E-state index in [0.717, 1.165) is 11.1 Å². The van der Waals surface area contributed by atoms with Crippen LogP contribution >= 0.6 is 0 Å². The number of hydrogen-bond acceptors (Lipinski definition) is 6. The first-order valence-corrected chi connectivity index (χ1v) is 7.97. The Balaban J connectivity index is 1.87. The van der Waals surface area contributed by atoms with Gasteiger partial charge in [-0.15, -0.1) is 0 Å². The van der Waals surface area contributed by atoms with Crippen molar-refractivity contribution in [2.75, 3.05) is 19.7 Å². The predicted octanol–water partition coefficient (Wildman–Crippen LogP) is 2.30. The maximum atomic E-state index is 11.4. The molecule has 0 radical (unpaired) electrons. The van der Waals surface area contributed by atoms with Crippen LogP contribution in [0.1, 0.15) is 0 Å². The summed E-state index contributed by atoms with van der Waals surface area (Å²) >= 11 is 0. The summed E-state index contributed by atoms with van der Waals surface area (Å²) in [6.45, 7) is 1.79. The molecule has 0 atom stereocenters. The second kappa shape index (κ2) is 6.15. The van der Waals surface area contributed by atoms with E-state index in [0.29, 0.717) is 36.5 Å². The van der Waals surface area contributed by atoms with E-state index in [1.54, 1.807) is 12.1 Å². The van der Waals surface area contributed by atoms with Crippen molar-refractivity contribution in [1.29, 1.82) is 0 Å². The molecule has 0 bridgehead atoms. The number of nitro benzene ring substituents is 1. The summed E-state index contributed by atoms with van der Waals surface area (Å²) in [6, 6.07) is 10.5. The van der Waals surface area contributed by atoms with E-state index < -0.39 is 4.92 Å². The van der Waals surface area contributed by atoms with Crippen LogP contribution in [0.4, 0.5) is 5.69 Å². The van der Waals surface area contributed by atoms with Gasteiger partial charge in [0.15, 0.2) is 0 Å². The van der Waals surface area contributed by atoms with E-state index in [-0.39, 0.29) is 18.0 Å². The molecule has 4 rings (SSSR count). The molecule has 3 aromatic rings. The molecule has 0 saturated heterocycles. The Kier molecular flexibility index (Phi) is 3.83. The number of rotatable bonds is 6. The molecule has 8 nitrogen and oxygen atoms in total. The molecular formula is C17H16N4O4. The van der Waals surface area contributed by atoms with Crippen LogP contribution in [0, 0.1) is 10.1 Å². The van der Waals surface area contributed by atoms with Crippen LogP contribution in [-0.2, 0) is 6.54 Å². The quantitative estimate of drug-likeness (QED) is 0.317. The Hall–Kier alpha value is -2.97. The second-order valence-corrected chi connectivity index (χ2v) is 5.71. The Labute approximate surface area is 142 Å². The zero-order valence-corrected chi connectivity index (χ0v) is 13.3. The molecule has 2 N–H and O–H groups in total. The minimum atomic E-state index is -0.438. The third-order valence-corrected chi connectivity index (χ3v) is 4.19. The largest absolute Gasteiger partial charge is 0.449 e. The van der Waals surface area contributed by atoms with Crippen molar-refractivity contribution < 1.29 is 14.8 Å². The minimum Gasteiger partial charge on any atom is -0.449 e. The third kappa shape index (κ3) is 2.51. The molecule has 2 aromatic carbocycles. The van der Waals surface area contributed by atoms with Crippen LogP contribution in [0.25, 0.3) is 22.2 Å². The highest BCUT2D eigenvalue weighted by Crippen LogP contribution is 2.49. The van der Waals surface area contributed by atoms with Crippen molar-refractivity contribution in [3.8, 4) is 22.8 Å². The zero-order valence-electron chi connectivity index (χ0n) is 13.3. The number of aliphatic hydroxyl groups excluding tert-OH is 1. The Morgan fingerprint density at radius 1 is 1.24 bits per heavy atom. The Bertz CT molecular complexity index is 967. The third-order valence-electron chi connectivity index (χ3n) is 4.19. The first-order chi connectivity index (χ1) is 12.2. The topological polar surface area (TPSA) is 102 Å². The Morgan fingerprint density at radius 3 is 2.88 bits per heavy atom. The van der Waals surface area contributed by atoms with Gasteiger partial charge >= 0.3 is 5.69 Å². The fourth-order valence-electron chi connectivity index (χ4n) is 3.09. The first-order valence-electron chi connectivity index (χ1n) is 7.97. The van der Waals surface area contributed by atoms with Crippen molar-refractivity contribution in [2.24, 2.45) is 0 Å². The second-order valence-electron chi connectivity index (χ2n) is 5.71. The van der Waals surface area contributed by atoms with Gasteiger partial charge in [-0.2, -0.15) is 5.10 Å². The van der Waals surface area contributed by atoms with Crippen molar-refractivity contribution in [1.82, 2.24) is 15.1 Å². The first kappa shape index (κ1) is 15.6. The minimum absolute atomic E-state index is 0.0683. The Morgan fingerprint density at radius 2 is 2.08 bits per heavy atom. The molecule has 128 valence electrons. The van der Waals surface area contributed by atoms with Crippen molar-refractivity contribution >= 4 is 16.6 Å². The molecule has 8 heteroatoms. The van der Waals surface area contributed by atoms with E-state index in [1.807, 2.05) is 22.9 Å². The highest BCUT2D eigenvalue weighted by atomic mass is 16.6. The van der Waals surface area contributed by atoms with Crippen LogP contribution in [-0.4, -0.2) is 39.5 Å². The summed E-state index contributed by atoms with van der Waals surface area (Å²) in [5.74, 6) is 0.806. The molecule has 0 unspecified atom stereocenters. The maximum absolute atomic E-state index is 11.4. The van der Waals surface area contributed by atoms with E-state index in [1.165, 1.54) is 6.07 Å². The van der Waals surface area contributed by atoms with Crippen LogP contribution in [0.5, 0.6) is 11.5 Å². The van der Waals surface area contributed by atoms with Crippen LogP contribution in [0.15, 0.2) is 36.4 Å². The number of para-hydroxylation sites is 1. The number of aliphatic hydroxyl groups is 1. The van der Waals surface area contributed by atoms with E-state index >= 15 is 0 Å². The van der Waals surface area contributed by atoms with E-state index in [2.05, 4.69) is 10.4 Å². The molecule has 0 aliphatic carbocycles. The number of benzene rings is 2. The van der Waals surface area contributed by atoms with Gasteiger partial charge in [-0.25, -0.2) is 0 Å². The number of hydrogen-bond donors (Lipinski definition) is 2. The average Bonchev–Trinajstić information content (AvgIpc) is 2.99. The fourth-order valence-corrected chi connectivity index (χ4v) is 3.09. The average molecular weight is 340 g/mol. The molecular weight excluding hydrogens is 324 g/mol. The summed E-state index contributed by atoms with van der Waals surface area (Å²) in [6.07, 6.45) is 0. The van der Waals surface area contributed by atoms with Crippen LogP contribution in [0.3, 0.4) is 0 Å². The summed E-state index contributed by atoms with van der Waals surface area (Å²) in [7, 11) is 0. The summed E-state index contributed by atoms with van der Waals surface area (Å²) in [5.41, 5.74) is 2.23. The molecule has 0 amide bonds. The molecule has 0 saturated carbocycles. The molecule has 0 spiro atoms. The SMILES string of the molecule is O=[N+]([O-])c1ccc2c3c(nn2CCNCCO)-c2ccccc2Oc13. The lowest BCUT2D eigenvalue weighted by Crippen LogP contribution is -2.23. The normalized spacial score (nSPS) is 12.0. The summed E-state index contributed by atoms with van der Waals surface area (Å²) < 4.78 is 7.67. The molecule has 0 fully saturated rings. The monoisotopic (exact) mass is 340 g/mol. The number of nitrogens with one attached hydrogen (secondary N) is 1. The number of aromatic nitrogens is 2. The molecule has 1 aliphatic heterocycles. The van der Waals surface area contributed by atoms with Gasteiger partial charge in [0.2, 0.25) is 5.75 Å². The number of fused-ring (bicyclic) bond motifs is 2. The smallest absolute Gasteiger partial charge is 0.312 e. The maximum Gasteiger partial charge on any atom is 0.312 e. The molecule has 25 heavy (non-hydrogen) atoms. The van der Waals surface area contributed by atoms with Crippen LogP contribution in [0.2, 0.25) is 0 Å². The lowest BCUT2D eigenvalue weighted by molar-refractivity contribution is -0.385. The highest BCUT2D eigenvalue weighted by molar-refractivity contribution is 6.03. The highest BCUT2D eigenvalue weighted by Gasteiger charge is 2.30. The fraction of sp³-hybridized carbons (Fsp3) is 0.235. The number of nitro groups is 1. The standard InChI is InChI=1S/C17H16N4O4/c22-10-8-18-7-9-20-12-5-6-13(21(23)24)17-15(12)16(19-20)11-3-1-2-4-14(11)25-17/h1-6,18,22H,7-10H2. The van der Waals surface area contributed by atoms with Crippen LogP contribution < -0.4 is 10.1 Å². The predicted molar refractivity (Wildman–Crippen MR) is 91.9 cm³/mol. The van der Waals surface area contributed by atoms with Gasteiger partial charge in [0.25, 0.3) is 0 Å². The molecule has 1 aromatic heterocycles. The van der Waals surface area contributed by atoms with Crippen molar-refractivity contribution in [3.63, 3.8) is 0 Å². The lowest BCUT2D eigenvalue weighted by Gasteiger charge is -2.16.